The van der Waals surface area contributed by atoms with Gasteiger partial charge in [-0.15, -0.1) is 0 Å². The molecule has 3 atom stereocenters. The van der Waals surface area contributed by atoms with Crippen molar-refractivity contribution in [3.05, 3.63) is 0 Å². The predicted octanol–water partition coefficient (Wildman–Crippen LogP) is 1.45. The number of carbonyl (C=O) groups excluding carboxylic acids is 1. The second-order valence-electron chi connectivity index (χ2n) is 6.82. The van der Waals surface area contributed by atoms with Crippen LogP contribution in [0.4, 0.5) is 0 Å². The summed E-state index contributed by atoms with van der Waals surface area (Å²) in [6.07, 6.45) is 6.43. The van der Waals surface area contributed by atoms with Crippen LogP contribution >= 0.6 is 0 Å². The van der Waals surface area contributed by atoms with Crippen LogP contribution in [0.2, 0.25) is 0 Å². The van der Waals surface area contributed by atoms with Crippen molar-refractivity contribution < 1.29 is 4.79 Å². The Bertz CT molecular complexity index is 333. The van der Waals surface area contributed by atoms with E-state index in [1.165, 1.54) is 19.3 Å². The van der Waals surface area contributed by atoms with E-state index in [1.54, 1.807) is 0 Å². The van der Waals surface area contributed by atoms with Gasteiger partial charge < -0.3 is 15.5 Å². The van der Waals surface area contributed by atoms with E-state index in [1.807, 2.05) is 11.9 Å². The van der Waals surface area contributed by atoms with Crippen molar-refractivity contribution in [2.75, 3.05) is 27.2 Å². The summed E-state index contributed by atoms with van der Waals surface area (Å²) in [4.78, 5) is 16.9. The van der Waals surface area contributed by atoms with Gasteiger partial charge >= 0.3 is 0 Å². The maximum Gasteiger partial charge on any atom is 0.242 e. The summed E-state index contributed by atoms with van der Waals surface area (Å²) in [5.74, 6) is 0.726. The summed E-state index contributed by atoms with van der Waals surface area (Å²) in [6.45, 7) is 4.18. The van der Waals surface area contributed by atoms with E-state index in [4.69, 9.17) is 5.73 Å². The van der Waals surface area contributed by atoms with E-state index < -0.39 is 5.54 Å². The lowest BCUT2D eigenvalue weighted by Gasteiger charge is -2.39. The second kappa shape index (κ2) is 5.80. The molecule has 3 unspecified atom stereocenters. The van der Waals surface area contributed by atoms with Gasteiger partial charge in [-0.1, -0.05) is 19.8 Å². The monoisotopic (exact) mass is 267 g/mol. The Hall–Kier alpha value is -0.610. The van der Waals surface area contributed by atoms with Gasteiger partial charge in [-0.05, 0) is 45.2 Å². The molecule has 1 saturated carbocycles. The first-order chi connectivity index (χ1) is 8.92. The average molecular weight is 267 g/mol. The number of amides is 1. The molecule has 4 heteroatoms. The molecule has 0 radical (unpaired) electrons. The number of nitrogens with two attached hydrogens (primary N) is 1. The van der Waals surface area contributed by atoms with Gasteiger partial charge in [0, 0.05) is 19.6 Å². The predicted molar refractivity (Wildman–Crippen MR) is 77.8 cm³/mol. The van der Waals surface area contributed by atoms with Gasteiger partial charge in [0.15, 0.2) is 0 Å². The lowest BCUT2D eigenvalue weighted by atomic mass is 9.76. The highest BCUT2D eigenvalue weighted by Gasteiger charge is 2.40. The molecule has 0 aromatic carbocycles. The molecule has 1 aliphatic heterocycles. The van der Waals surface area contributed by atoms with E-state index in [-0.39, 0.29) is 5.91 Å². The molecule has 2 fully saturated rings. The quantitative estimate of drug-likeness (QED) is 0.842. The van der Waals surface area contributed by atoms with Crippen LogP contribution in [0.15, 0.2) is 0 Å². The zero-order valence-electron chi connectivity index (χ0n) is 12.7. The number of hydrogen-bond acceptors (Lipinski definition) is 3. The molecule has 0 aromatic heterocycles. The molecular formula is C15H29N3O. The zero-order chi connectivity index (χ0) is 14.0. The molecule has 1 amide bonds. The number of carbonyl (C=O) groups is 1. The molecule has 0 aromatic rings. The standard InChI is InChI=1S/C15H29N3O/c1-12-6-4-8-15(16,10-12)14(19)18(3)11-13-7-5-9-17(13)2/h12-13H,4-11,16H2,1-3H3. The maximum atomic E-state index is 12.6. The van der Waals surface area contributed by atoms with E-state index in [2.05, 4.69) is 18.9 Å². The van der Waals surface area contributed by atoms with Gasteiger partial charge in [0.2, 0.25) is 5.91 Å². The van der Waals surface area contributed by atoms with Crippen molar-refractivity contribution in [1.82, 2.24) is 9.80 Å². The average Bonchev–Trinajstić information content (AvgIpc) is 2.73. The number of likely N-dealkylation sites (N-methyl/N-ethyl adjacent to an activating group) is 2. The Morgan fingerprint density at radius 3 is 2.74 bits per heavy atom. The summed E-state index contributed by atoms with van der Waals surface area (Å²) in [6, 6.07) is 0.513. The van der Waals surface area contributed by atoms with Crippen LogP contribution in [-0.4, -0.2) is 54.5 Å². The Balaban J connectivity index is 1.94. The van der Waals surface area contributed by atoms with Crippen molar-refractivity contribution in [3.8, 4) is 0 Å². The topological polar surface area (TPSA) is 49.6 Å². The molecule has 110 valence electrons. The van der Waals surface area contributed by atoms with Crippen LogP contribution in [-0.2, 0) is 4.79 Å². The Labute approximate surface area is 117 Å². The first kappa shape index (κ1) is 14.8. The molecule has 0 spiro atoms. The van der Waals surface area contributed by atoms with Crippen molar-refractivity contribution in [2.24, 2.45) is 11.7 Å². The first-order valence-corrected chi connectivity index (χ1v) is 7.67. The fourth-order valence-electron chi connectivity index (χ4n) is 3.78. The summed E-state index contributed by atoms with van der Waals surface area (Å²) < 4.78 is 0. The largest absolute Gasteiger partial charge is 0.343 e. The third-order valence-corrected chi connectivity index (χ3v) is 4.96. The fourth-order valence-corrected chi connectivity index (χ4v) is 3.78. The number of nitrogens with zero attached hydrogens (tertiary/aromatic N) is 2. The van der Waals surface area contributed by atoms with Gasteiger partial charge in [-0.25, -0.2) is 0 Å². The number of rotatable bonds is 3. The minimum absolute atomic E-state index is 0.152. The highest BCUT2D eigenvalue weighted by Crippen LogP contribution is 2.31. The molecule has 2 N–H and O–H groups in total. The van der Waals surface area contributed by atoms with Crippen LogP contribution < -0.4 is 5.73 Å². The fraction of sp³-hybridized carbons (Fsp3) is 0.933. The van der Waals surface area contributed by atoms with E-state index >= 15 is 0 Å². The van der Waals surface area contributed by atoms with Crippen molar-refractivity contribution in [1.29, 1.82) is 0 Å². The molecule has 19 heavy (non-hydrogen) atoms. The summed E-state index contributed by atoms with van der Waals surface area (Å²) in [7, 11) is 4.07. The van der Waals surface area contributed by atoms with E-state index in [0.717, 1.165) is 32.4 Å². The molecular weight excluding hydrogens is 238 g/mol. The Morgan fingerprint density at radius 2 is 2.16 bits per heavy atom. The molecule has 0 bridgehead atoms. The SMILES string of the molecule is CC1CCCC(N)(C(=O)N(C)CC2CCCN2C)C1. The third kappa shape index (κ3) is 3.29. The molecule has 4 nitrogen and oxygen atoms in total. The lowest BCUT2D eigenvalue weighted by molar-refractivity contribution is -0.138. The molecule has 1 saturated heterocycles. The van der Waals surface area contributed by atoms with Gasteiger partial charge in [0.05, 0.1) is 5.54 Å². The first-order valence-electron chi connectivity index (χ1n) is 7.67. The summed E-state index contributed by atoms with van der Waals surface area (Å²) in [5, 5.41) is 0. The van der Waals surface area contributed by atoms with Gasteiger partial charge in [-0.2, -0.15) is 0 Å². The van der Waals surface area contributed by atoms with Crippen molar-refractivity contribution in [2.45, 2.75) is 57.0 Å². The second-order valence-corrected chi connectivity index (χ2v) is 6.82. The molecule has 1 aliphatic carbocycles. The van der Waals surface area contributed by atoms with Crippen LogP contribution in [0.3, 0.4) is 0 Å². The van der Waals surface area contributed by atoms with Gasteiger partial charge in [0.25, 0.3) is 0 Å². The Kier molecular flexibility index (Phi) is 4.51. The normalized spacial score (nSPS) is 36.4. The third-order valence-electron chi connectivity index (χ3n) is 4.96. The summed E-state index contributed by atoms with van der Waals surface area (Å²) >= 11 is 0. The molecule has 2 rings (SSSR count). The van der Waals surface area contributed by atoms with E-state index in [0.29, 0.717) is 12.0 Å². The van der Waals surface area contributed by atoms with Gasteiger partial charge in [0.1, 0.15) is 0 Å². The smallest absolute Gasteiger partial charge is 0.242 e. The van der Waals surface area contributed by atoms with Crippen LogP contribution in [0.5, 0.6) is 0 Å². The van der Waals surface area contributed by atoms with Gasteiger partial charge in [-0.3, -0.25) is 4.79 Å². The highest BCUT2D eigenvalue weighted by atomic mass is 16.2. The Morgan fingerprint density at radius 1 is 1.42 bits per heavy atom. The van der Waals surface area contributed by atoms with E-state index in [9.17, 15) is 4.79 Å². The van der Waals surface area contributed by atoms with Crippen LogP contribution in [0, 0.1) is 5.92 Å². The van der Waals surface area contributed by atoms with Crippen molar-refractivity contribution >= 4 is 5.91 Å². The minimum Gasteiger partial charge on any atom is -0.343 e. The van der Waals surface area contributed by atoms with Crippen LogP contribution in [0.1, 0.15) is 45.4 Å². The number of likely N-dealkylation sites (tertiary alicyclic amines) is 1. The molecule has 1 heterocycles. The van der Waals surface area contributed by atoms with Crippen molar-refractivity contribution in [3.63, 3.8) is 0 Å². The zero-order valence-corrected chi connectivity index (χ0v) is 12.7. The number of hydrogen-bond donors (Lipinski definition) is 1. The lowest BCUT2D eigenvalue weighted by Crippen LogP contribution is -2.57. The highest BCUT2D eigenvalue weighted by molar-refractivity contribution is 5.86. The molecule has 2 aliphatic rings. The maximum absolute atomic E-state index is 12.6. The minimum atomic E-state index is -0.608. The van der Waals surface area contributed by atoms with Crippen LogP contribution in [0.25, 0.3) is 0 Å². The summed E-state index contributed by atoms with van der Waals surface area (Å²) in [5.41, 5.74) is 5.79.